The highest BCUT2D eigenvalue weighted by Gasteiger charge is 2.21. The average molecular weight is 386 g/mol. The van der Waals surface area contributed by atoms with E-state index in [4.69, 9.17) is 4.98 Å². The minimum Gasteiger partial charge on any atom is -0.368 e. The van der Waals surface area contributed by atoms with E-state index in [-0.39, 0.29) is 0 Å². The Bertz CT molecular complexity index is 1090. The molecule has 0 spiro atoms. The molecule has 1 aliphatic heterocycles. The fourth-order valence-corrected chi connectivity index (χ4v) is 4.01. The molecule has 0 N–H and O–H groups in total. The molecule has 2 aromatic carbocycles. The van der Waals surface area contributed by atoms with Crippen LogP contribution in [0.4, 0.5) is 5.69 Å². The van der Waals surface area contributed by atoms with Crippen LogP contribution in [0, 0.1) is 11.3 Å². The lowest BCUT2D eigenvalue weighted by molar-refractivity contribution is 0.242. The molecular formula is C24H27N5. The molecule has 0 aliphatic carbocycles. The quantitative estimate of drug-likeness (QED) is 0.676. The summed E-state index contributed by atoms with van der Waals surface area (Å²) in [6.07, 6.45) is 2.16. The van der Waals surface area contributed by atoms with Gasteiger partial charge in [0, 0.05) is 33.2 Å². The third-order valence-corrected chi connectivity index (χ3v) is 5.56. The van der Waals surface area contributed by atoms with E-state index in [1.54, 1.807) is 0 Å². The van der Waals surface area contributed by atoms with Crippen molar-refractivity contribution in [2.45, 2.75) is 20.4 Å². The molecule has 0 atom stereocenters. The van der Waals surface area contributed by atoms with Gasteiger partial charge in [0.1, 0.15) is 11.9 Å². The number of fused-ring (bicyclic) bond motifs is 1. The molecule has 0 unspecified atom stereocenters. The fourth-order valence-electron chi connectivity index (χ4n) is 4.01. The van der Waals surface area contributed by atoms with Crippen molar-refractivity contribution in [2.24, 2.45) is 7.05 Å². The van der Waals surface area contributed by atoms with Crippen LogP contribution in [-0.4, -0.2) is 40.6 Å². The van der Waals surface area contributed by atoms with Crippen LogP contribution in [0.15, 0.2) is 48.0 Å². The number of nitrogens with zero attached hydrogens (tertiary/aromatic N) is 5. The zero-order valence-corrected chi connectivity index (χ0v) is 17.4. The number of aryl methyl sites for hydroxylation is 1. The van der Waals surface area contributed by atoms with Crippen LogP contribution in [0.5, 0.6) is 0 Å². The molecule has 1 saturated heterocycles. The Morgan fingerprint density at radius 1 is 1.10 bits per heavy atom. The summed E-state index contributed by atoms with van der Waals surface area (Å²) in [6.45, 7) is 8.78. The Morgan fingerprint density at radius 2 is 1.86 bits per heavy atom. The zero-order chi connectivity index (χ0) is 20.4. The highest BCUT2D eigenvalue weighted by molar-refractivity contribution is 5.75. The number of benzene rings is 2. The number of imidazole rings is 1. The Balaban J connectivity index is 1.47. The molecule has 0 bridgehead atoms. The van der Waals surface area contributed by atoms with Crippen LogP contribution < -0.4 is 4.90 Å². The smallest absolute Gasteiger partial charge is 0.123 e. The van der Waals surface area contributed by atoms with Crippen molar-refractivity contribution in [3.05, 3.63) is 65.0 Å². The first kappa shape index (κ1) is 19.2. The lowest BCUT2D eigenvalue weighted by Crippen LogP contribution is -2.46. The van der Waals surface area contributed by atoms with Crippen molar-refractivity contribution in [2.75, 3.05) is 31.1 Å². The first-order valence-electron chi connectivity index (χ1n) is 10.1. The molecule has 148 valence electrons. The molecule has 5 heteroatoms. The monoisotopic (exact) mass is 385 g/mol. The van der Waals surface area contributed by atoms with Gasteiger partial charge in [0.15, 0.2) is 0 Å². The molecule has 0 radical (unpaired) electrons. The lowest BCUT2D eigenvalue weighted by atomic mass is 10.1. The molecule has 1 aromatic heterocycles. The van der Waals surface area contributed by atoms with Gasteiger partial charge in [0.05, 0.1) is 28.8 Å². The lowest BCUT2D eigenvalue weighted by Gasteiger charge is -2.36. The number of allylic oxidation sites excluding steroid dienone is 1. The summed E-state index contributed by atoms with van der Waals surface area (Å²) in [5, 5.41) is 9.55. The molecule has 0 amide bonds. The maximum absolute atomic E-state index is 9.55. The van der Waals surface area contributed by atoms with Crippen molar-refractivity contribution in [3.8, 4) is 6.07 Å². The zero-order valence-electron chi connectivity index (χ0n) is 17.4. The summed E-state index contributed by atoms with van der Waals surface area (Å²) in [7, 11) is 2.09. The summed E-state index contributed by atoms with van der Waals surface area (Å²) in [5.74, 6) is 1.10. The molecule has 5 nitrogen and oxygen atoms in total. The Morgan fingerprint density at radius 3 is 2.55 bits per heavy atom. The molecule has 2 heterocycles. The number of rotatable bonds is 4. The van der Waals surface area contributed by atoms with Crippen molar-refractivity contribution >= 4 is 22.8 Å². The second-order valence-electron chi connectivity index (χ2n) is 7.95. The van der Waals surface area contributed by atoms with E-state index in [0.717, 1.165) is 60.9 Å². The van der Waals surface area contributed by atoms with Crippen LogP contribution >= 0.6 is 0 Å². The van der Waals surface area contributed by atoms with Gasteiger partial charge in [-0.3, -0.25) is 4.90 Å². The summed E-state index contributed by atoms with van der Waals surface area (Å²) in [6, 6.07) is 16.7. The van der Waals surface area contributed by atoms with E-state index in [1.807, 2.05) is 18.2 Å². The Hall–Kier alpha value is -3.10. The van der Waals surface area contributed by atoms with E-state index in [1.165, 1.54) is 11.1 Å². The van der Waals surface area contributed by atoms with Crippen molar-refractivity contribution < 1.29 is 0 Å². The van der Waals surface area contributed by atoms with Crippen LogP contribution in [0.25, 0.3) is 17.1 Å². The van der Waals surface area contributed by atoms with Crippen molar-refractivity contribution in [3.63, 3.8) is 0 Å². The van der Waals surface area contributed by atoms with Gasteiger partial charge >= 0.3 is 0 Å². The van der Waals surface area contributed by atoms with Gasteiger partial charge in [0.25, 0.3) is 0 Å². The van der Waals surface area contributed by atoms with Crippen LogP contribution in [0.1, 0.15) is 30.8 Å². The molecule has 4 rings (SSSR count). The molecular weight excluding hydrogens is 358 g/mol. The van der Waals surface area contributed by atoms with Gasteiger partial charge in [-0.15, -0.1) is 0 Å². The summed E-state index contributed by atoms with van der Waals surface area (Å²) in [5.41, 5.74) is 6.44. The van der Waals surface area contributed by atoms with E-state index in [9.17, 15) is 5.26 Å². The number of para-hydroxylation sites is 2. The summed E-state index contributed by atoms with van der Waals surface area (Å²) < 4.78 is 2.19. The number of anilines is 1. The maximum atomic E-state index is 9.55. The molecule has 1 aliphatic rings. The number of aromatic nitrogens is 2. The number of hydrogen-bond acceptors (Lipinski definition) is 4. The second-order valence-corrected chi connectivity index (χ2v) is 7.95. The minimum atomic E-state index is 0.750. The molecule has 3 aromatic rings. The molecule has 29 heavy (non-hydrogen) atoms. The van der Waals surface area contributed by atoms with Gasteiger partial charge in [-0.1, -0.05) is 29.8 Å². The van der Waals surface area contributed by atoms with E-state index < -0.39 is 0 Å². The topological polar surface area (TPSA) is 48.1 Å². The normalized spacial score (nSPS) is 14.8. The van der Waals surface area contributed by atoms with Gasteiger partial charge in [0.2, 0.25) is 0 Å². The standard InChI is InChI=1S/C24H27N5/c1-18(2)14-19-8-9-20(16-25)23(15-19)29-12-10-28(11-13-29)17-24-26-21-6-4-5-7-22(21)27(24)3/h4-9,14-15H,10-13,17H2,1-3H3. The number of nitriles is 1. The van der Waals surface area contributed by atoms with Crippen molar-refractivity contribution in [1.82, 2.24) is 14.5 Å². The third-order valence-electron chi connectivity index (χ3n) is 5.56. The van der Waals surface area contributed by atoms with Gasteiger partial charge < -0.3 is 9.47 Å². The third kappa shape index (κ3) is 4.03. The van der Waals surface area contributed by atoms with E-state index in [2.05, 4.69) is 71.7 Å². The average Bonchev–Trinajstić information content (AvgIpc) is 3.04. The minimum absolute atomic E-state index is 0.750. The molecule has 0 saturated carbocycles. The predicted octanol–water partition coefficient (Wildman–Crippen LogP) is 4.19. The van der Waals surface area contributed by atoms with Crippen LogP contribution in [0.3, 0.4) is 0 Å². The highest BCUT2D eigenvalue weighted by atomic mass is 15.3. The Kier molecular flexibility index (Phi) is 5.37. The summed E-state index contributed by atoms with van der Waals surface area (Å²) in [4.78, 5) is 9.60. The van der Waals surface area contributed by atoms with Crippen LogP contribution in [-0.2, 0) is 13.6 Å². The van der Waals surface area contributed by atoms with Crippen molar-refractivity contribution in [1.29, 1.82) is 5.26 Å². The first-order valence-corrected chi connectivity index (χ1v) is 10.1. The largest absolute Gasteiger partial charge is 0.368 e. The SMILES string of the molecule is CC(C)=Cc1ccc(C#N)c(N2CCN(Cc3nc4ccccc4n3C)CC2)c1. The van der Waals surface area contributed by atoms with Gasteiger partial charge in [-0.05, 0) is 43.7 Å². The first-order chi connectivity index (χ1) is 14.0. The van der Waals surface area contributed by atoms with E-state index in [0.29, 0.717) is 0 Å². The van der Waals surface area contributed by atoms with Gasteiger partial charge in [-0.2, -0.15) is 5.26 Å². The maximum Gasteiger partial charge on any atom is 0.123 e. The van der Waals surface area contributed by atoms with Gasteiger partial charge in [-0.25, -0.2) is 4.98 Å². The predicted molar refractivity (Wildman–Crippen MR) is 119 cm³/mol. The second kappa shape index (κ2) is 8.10. The highest BCUT2D eigenvalue weighted by Crippen LogP contribution is 2.25. The van der Waals surface area contributed by atoms with E-state index >= 15 is 0 Å². The number of hydrogen-bond donors (Lipinski definition) is 0. The fraction of sp³-hybridized carbons (Fsp3) is 0.333. The van der Waals surface area contributed by atoms with Crippen LogP contribution in [0.2, 0.25) is 0 Å². The summed E-state index contributed by atoms with van der Waals surface area (Å²) >= 11 is 0. The number of piperazine rings is 1. The molecule has 1 fully saturated rings. The Labute approximate surface area is 172 Å².